The van der Waals surface area contributed by atoms with Crippen molar-refractivity contribution in [2.45, 2.75) is 45.3 Å². The van der Waals surface area contributed by atoms with Gasteiger partial charge in [0.05, 0.1) is 36.5 Å². The fourth-order valence-electron chi connectivity index (χ4n) is 3.74. The van der Waals surface area contributed by atoms with Gasteiger partial charge in [0.25, 0.3) is 0 Å². The van der Waals surface area contributed by atoms with Crippen LogP contribution in [0.3, 0.4) is 0 Å². The third kappa shape index (κ3) is 5.71. The van der Waals surface area contributed by atoms with Crippen LogP contribution >= 0.6 is 0 Å². The highest BCUT2D eigenvalue weighted by molar-refractivity contribution is 5.83. The molecule has 0 fully saturated rings. The number of nitrogens with one attached hydrogen (secondary N) is 3. The number of nitrogens with zero attached hydrogens (tertiary/aromatic N) is 4. The Morgan fingerprint density at radius 2 is 2.03 bits per heavy atom. The summed E-state index contributed by atoms with van der Waals surface area (Å²) in [5.74, 6) is -0.570. The Labute approximate surface area is 196 Å². The van der Waals surface area contributed by atoms with E-state index in [-0.39, 0.29) is 17.2 Å². The predicted octanol–water partition coefficient (Wildman–Crippen LogP) is 4.07. The summed E-state index contributed by atoms with van der Waals surface area (Å²) in [6.45, 7) is 4.87. The van der Waals surface area contributed by atoms with Gasteiger partial charge in [0.1, 0.15) is 6.07 Å². The second-order valence-corrected chi connectivity index (χ2v) is 7.71. The smallest absolute Gasteiger partial charge is 0.404 e. The molecule has 0 spiro atoms. The Balaban J connectivity index is 1.88. The van der Waals surface area contributed by atoms with E-state index in [1.165, 1.54) is 0 Å². The number of aromatic nitrogens is 3. The van der Waals surface area contributed by atoms with Crippen LogP contribution in [0, 0.1) is 17.1 Å². The zero-order valence-electron chi connectivity index (χ0n) is 19.3. The Kier molecular flexibility index (Phi) is 8.21. The van der Waals surface area contributed by atoms with Crippen molar-refractivity contribution in [1.82, 2.24) is 20.1 Å². The minimum atomic E-state index is -1.15. The number of benzene rings is 1. The molecule has 0 saturated heterocycles. The molecule has 11 heteroatoms. The molecule has 0 aliphatic rings. The van der Waals surface area contributed by atoms with Gasteiger partial charge in [0.2, 0.25) is 0 Å². The van der Waals surface area contributed by atoms with Crippen molar-refractivity contribution in [3.8, 4) is 6.07 Å². The zero-order chi connectivity index (χ0) is 24.7. The molecule has 1 aromatic carbocycles. The van der Waals surface area contributed by atoms with Gasteiger partial charge < -0.3 is 25.8 Å². The maximum Gasteiger partial charge on any atom is 0.404 e. The monoisotopic (exact) mass is 469 g/mol. The van der Waals surface area contributed by atoms with Crippen molar-refractivity contribution < 1.29 is 19.0 Å². The molecule has 4 N–H and O–H groups in total. The lowest BCUT2D eigenvalue weighted by atomic mass is 10.0. The highest BCUT2D eigenvalue weighted by atomic mass is 19.1. The first-order chi connectivity index (χ1) is 16.4. The maximum absolute atomic E-state index is 14.7. The van der Waals surface area contributed by atoms with Crippen LogP contribution in [0.15, 0.2) is 30.5 Å². The number of anilines is 3. The SMILES string of the molecule is CC[C@H](NC(=O)O)[C@@H](CC)Nc1nc(Nc2ccc3c(cnn3CCOC)c2)c(C#N)cc1F. The number of hydrogen-bond acceptors (Lipinski definition) is 7. The average molecular weight is 470 g/mol. The molecule has 1 amide bonds. The summed E-state index contributed by atoms with van der Waals surface area (Å²) in [7, 11) is 1.63. The van der Waals surface area contributed by atoms with Crippen LogP contribution < -0.4 is 16.0 Å². The second kappa shape index (κ2) is 11.3. The molecule has 2 atom stereocenters. The molecule has 0 aliphatic heterocycles. The van der Waals surface area contributed by atoms with Crippen LogP contribution in [0.5, 0.6) is 0 Å². The summed E-state index contributed by atoms with van der Waals surface area (Å²) in [6.07, 6.45) is 1.63. The first-order valence-corrected chi connectivity index (χ1v) is 11.0. The quantitative estimate of drug-likeness (QED) is 0.330. The van der Waals surface area contributed by atoms with Crippen LogP contribution in [0.4, 0.5) is 26.5 Å². The molecule has 3 rings (SSSR count). The van der Waals surface area contributed by atoms with E-state index in [9.17, 15) is 14.4 Å². The normalized spacial score (nSPS) is 12.7. The summed E-state index contributed by atoms with van der Waals surface area (Å²) < 4.78 is 21.7. The fraction of sp³-hybridized carbons (Fsp3) is 0.391. The topological polar surface area (TPSA) is 137 Å². The number of pyridine rings is 1. The number of amides is 1. The second-order valence-electron chi connectivity index (χ2n) is 7.71. The van der Waals surface area contributed by atoms with Gasteiger partial charge in [-0.15, -0.1) is 0 Å². The summed E-state index contributed by atoms with van der Waals surface area (Å²) >= 11 is 0. The first kappa shape index (κ1) is 24.7. The van der Waals surface area contributed by atoms with E-state index in [2.05, 4.69) is 26.0 Å². The number of carboxylic acid groups (broad SMARTS) is 1. The summed E-state index contributed by atoms with van der Waals surface area (Å²) in [4.78, 5) is 15.4. The van der Waals surface area contributed by atoms with Gasteiger partial charge in [-0.05, 0) is 37.1 Å². The van der Waals surface area contributed by atoms with Crippen molar-refractivity contribution in [3.63, 3.8) is 0 Å². The maximum atomic E-state index is 14.7. The van der Waals surface area contributed by atoms with Crippen LogP contribution in [0.1, 0.15) is 32.3 Å². The number of halogens is 1. The van der Waals surface area contributed by atoms with Crippen LogP contribution in [0.2, 0.25) is 0 Å². The Morgan fingerprint density at radius 1 is 1.26 bits per heavy atom. The molecule has 34 heavy (non-hydrogen) atoms. The van der Waals surface area contributed by atoms with Gasteiger partial charge in [-0.1, -0.05) is 13.8 Å². The molecule has 0 saturated carbocycles. The molecule has 0 bridgehead atoms. The van der Waals surface area contributed by atoms with Crippen molar-refractivity contribution >= 4 is 34.3 Å². The molecule has 0 radical (unpaired) electrons. The number of carbonyl (C=O) groups is 1. The molecular weight excluding hydrogens is 441 g/mol. The molecule has 2 aromatic heterocycles. The largest absolute Gasteiger partial charge is 0.465 e. The molecule has 3 aromatic rings. The molecule has 2 heterocycles. The van der Waals surface area contributed by atoms with Crippen molar-refractivity contribution in [2.75, 3.05) is 24.4 Å². The average Bonchev–Trinajstić information content (AvgIpc) is 3.23. The molecule has 0 unspecified atom stereocenters. The molecular formula is C23H28FN7O3. The number of rotatable bonds is 11. The Hall–Kier alpha value is -3.91. The minimum absolute atomic E-state index is 0.0442. The lowest BCUT2D eigenvalue weighted by molar-refractivity contribution is 0.185. The highest BCUT2D eigenvalue weighted by Gasteiger charge is 2.23. The fourth-order valence-corrected chi connectivity index (χ4v) is 3.74. The van der Waals surface area contributed by atoms with Gasteiger partial charge >= 0.3 is 6.09 Å². The highest BCUT2D eigenvalue weighted by Crippen LogP contribution is 2.26. The van der Waals surface area contributed by atoms with Crippen molar-refractivity contribution in [3.05, 3.63) is 41.8 Å². The third-order valence-electron chi connectivity index (χ3n) is 5.50. The van der Waals surface area contributed by atoms with Gasteiger partial charge in [-0.2, -0.15) is 10.4 Å². The van der Waals surface area contributed by atoms with E-state index in [0.29, 0.717) is 31.7 Å². The van der Waals surface area contributed by atoms with Crippen molar-refractivity contribution in [2.24, 2.45) is 0 Å². The summed E-state index contributed by atoms with van der Waals surface area (Å²) in [5, 5.41) is 32.4. The van der Waals surface area contributed by atoms with Crippen LogP contribution in [-0.4, -0.2) is 51.8 Å². The lowest BCUT2D eigenvalue weighted by Gasteiger charge is -2.27. The van der Waals surface area contributed by atoms with Crippen LogP contribution in [-0.2, 0) is 11.3 Å². The van der Waals surface area contributed by atoms with Gasteiger partial charge in [-0.25, -0.2) is 14.2 Å². The number of ether oxygens (including phenoxy) is 1. The Morgan fingerprint density at radius 3 is 2.68 bits per heavy atom. The summed E-state index contributed by atoms with van der Waals surface area (Å²) in [5.41, 5.74) is 1.63. The van der Waals surface area contributed by atoms with Gasteiger partial charge in [0, 0.05) is 24.2 Å². The standard InChI is InChI=1S/C23H28FN7O3/c1-4-18(19(5-2)29-23(32)33)28-22-17(24)11-14(12-25)21(30-22)27-16-6-7-20-15(10-16)13-26-31(20)8-9-34-3/h6-7,10-11,13,18-19,29H,4-5,8-9H2,1-3H3,(H,32,33)(H2,27,28,30)/t18-,19+/m1/s1. The third-order valence-corrected chi connectivity index (χ3v) is 5.50. The lowest BCUT2D eigenvalue weighted by Crippen LogP contribution is -2.46. The van der Waals surface area contributed by atoms with Crippen molar-refractivity contribution in [1.29, 1.82) is 5.26 Å². The van der Waals surface area contributed by atoms with E-state index >= 15 is 0 Å². The van der Waals surface area contributed by atoms with E-state index < -0.39 is 24.0 Å². The van der Waals surface area contributed by atoms with E-state index in [1.807, 2.05) is 42.8 Å². The molecule has 0 aliphatic carbocycles. The molecule has 10 nitrogen and oxygen atoms in total. The predicted molar refractivity (Wildman–Crippen MR) is 127 cm³/mol. The van der Waals surface area contributed by atoms with E-state index in [0.717, 1.165) is 17.0 Å². The van der Waals surface area contributed by atoms with Crippen LogP contribution in [0.25, 0.3) is 10.9 Å². The zero-order valence-corrected chi connectivity index (χ0v) is 19.3. The number of fused-ring (bicyclic) bond motifs is 1. The minimum Gasteiger partial charge on any atom is -0.465 e. The van der Waals surface area contributed by atoms with E-state index in [1.54, 1.807) is 13.3 Å². The van der Waals surface area contributed by atoms with E-state index in [4.69, 9.17) is 9.84 Å². The first-order valence-electron chi connectivity index (χ1n) is 11.0. The number of hydrogen-bond donors (Lipinski definition) is 4. The number of methoxy groups -OCH3 is 1. The summed E-state index contributed by atoms with van der Waals surface area (Å²) in [6, 6.07) is 7.83. The van der Waals surface area contributed by atoms with Gasteiger partial charge in [0.15, 0.2) is 17.5 Å². The molecule has 180 valence electrons. The van der Waals surface area contributed by atoms with Gasteiger partial charge in [-0.3, -0.25) is 4.68 Å². The number of nitriles is 1. The Bertz CT molecular complexity index is 1190.